The number of imidazole rings is 1. The van der Waals surface area contributed by atoms with Gasteiger partial charge in [-0.05, 0) is 13.3 Å². The Bertz CT molecular complexity index is 413. The fourth-order valence-electron chi connectivity index (χ4n) is 2.21. The number of aromatic nitrogens is 2. The first-order valence-corrected chi connectivity index (χ1v) is 6.99. The molecule has 0 saturated carbocycles. The van der Waals surface area contributed by atoms with Crippen molar-refractivity contribution in [3.63, 3.8) is 0 Å². The Balaban J connectivity index is 2.15. The van der Waals surface area contributed by atoms with Gasteiger partial charge >= 0.3 is 0 Å². The van der Waals surface area contributed by atoms with Crippen molar-refractivity contribution in [2.24, 2.45) is 16.5 Å². The molecule has 8 heteroatoms. The summed E-state index contributed by atoms with van der Waals surface area (Å²) in [5.41, 5.74) is 11.9. The molecule has 0 fully saturated rings. The van der Waals surface area contributed by atoms with Gasteiger partial charge in [0.1, 0.15) is 6.17 Å². The Labute approximate surface area is 119 Å². The van der Waals surface area contributed by atoms with E-state index in [9.17, 15) is 0 Å². The lowest BCUT2D eigenvalue weighted by molar-refractivity contribution is 0.297. The molecule has 1 aliphatic heterocycles. The molecule has 2 unspecified atom stereocenters. The van der Waals surface area contributed by atoms with E-state index in [0.717, 1.165) is 25.5 Å². The van der Waals surface area contributed by atoms with E-state index in [0.29, 0.717) is 19.0 Å². The van der Waals surface area contributed by atoms with Crippen LogP contribution in [0.15, 0.2) is 17.4 Å². The van der Waals surface area contributed by atoms with Crippen LogP contribution in [0, 0.1) is 0 Å². The zero-order valence-corrected chi connectivity index (χ0v) is 11.8. The molecule has 1 aromatic rings. The molecule has 0 aromatic carbocycles. The number of hydrogen-bond acceptors (Lipinski definition) is 7. The number of H-pyrrole nitrogens is 1. The highest BCUT2D eigenvalue weighted by Crippen LogP contribution is 2.09. The van der Waals surface area contributed by atoms with Gasteiger partial charge in [-0.1, -0.05) is 0 Å². The van der Waals surface area contributed by atoms with Crippen LogP contribution in [-0.2, 0) is 0 Å². The summed E-state index contributed by atoms with van der Waals surface area (Å²) in [6.07, 6.45) is 4.39. The van der Waals surface area contributed by atoms with Gasteiger partial charge in [-0.15, -0.1) is 0 Å². The largest absolute Gasteiger partial charge is 0.356 e. The predicted molar refractivity (Wildman–Crippen MR) is 80.3 cm³/mol. The number of aromatic amines is 1. The summed E-state index contributed by atoms with van der Waals surface area (Å²) in [4.78, 5) is 13.8. The molecule has 8 nitrogen and oxygen atoms in total. The smallest absolute Gasteiger partial charge is 0.201 e. The zero-order chi connectivity index (χ0) is 14.4. The normalized spacial score (nSPS) is 17.9. The maximum atomic E-state index is 6.12. The quantitative estimate of drug-likeness (QED) is 0.431. The Morgan fingerprint density at radius 2 is 2.40 bits per heavy atom. The van der Waals surface area contributed by atoms with Gasteiger partial charge in [0.15, 0.2) is 5.96 Å². The first-order valence-electron chi connectivity index (χ1n) is 6.99. The van der Waals surface area contributed by atoms with Gasteiger partial charge in [-0.3, -0.25) is 4.99 Å². The van der Waals surface area contributed by atoms with Crippen molar-refractivity contribution in [2.45, 2.75) is 25.6 Å². The predicted octanol–water partition coefficient (Wildman–Crippen LogP) is -0.895. The molecule has 7 N–H and O–H groups in total. The molecule has 2 heterocycles. The zero-order valence-electron chi connectivity index (χ0n) is 11.8. The van der Waals surface area contributed by atoms with Crippen molar-refractivity contribution in [3.05, 3.63) is 12.4 Å². The fourth-order valence-corrected chi connectivity index (χ4v) is 2.21. The van der Waals surface area contributed by atoms with Crippen LogP contribution < -0.4 is 22.1 Å². The van der Waals surface area contributed by atoms with Crippen LogP contribution in [0.3, 0.4) is 0 Å². The van der Waals surface area contributed by atoms with Crippen LogP contribution in [0.2, 0.25) is 0 Å². The van der Waals surface area contributed by atoms with E-state index in [2.05, 4.69) is 30.5 Å². The van der Waals surface area contributed by atoms with E-state index < -0.39 is 0 Å². The third-order valence-corrected chi connectivity index (χ3v) is 3.14. The van der Waals surface area contributed by atoms with E-state index in [1.807, 2.05) is 6.92 Å². The Morgan fingerprint density at radius 3 is 2.95 bits per heavy atom. The minimum Gasteiger partial charge on any atom is -0.356 e. The third-order valence-electron chi connectivity index (χ3n) is 3.14. The molecule has 20 heavy (non-hydrogen) atoms. The molecule has 0 saturated heterocycles. The first kappa shape index (κ1) is 14.6. The van der Waals surface area contributed by atoms with Crippen molar-refractivity contribution in [3.8, 4) is 0 Å². The van der Waals surface area contributed by atoms with Crippen molar-refractivity contribution in [2.75, 3.05) is 31.5 Å². The van der Waals surface area contributed by atoms with Gasteiger partial charge in [0, 0.05) is 44.6 Å². The average molecular weight is 280 g/mol. The Morgan fingerprint density at radius 1 is 1.55 bits per heavy atom. The molecule has 0 bridgehead atoms. The van der Waals surface area contributed by atoms with E-state index in [1.54, 1.807) is 12.4 Å². The molecule has 0 spiro atoms. The third kappa shape index (κ3) is 3.61. The Kier molecular flexibility index (Phi) is 5.19. The molecular weight excluding hydrogens is 256 g/mol. The van der Waals surface area contributed by atoms with Crippen molar-refractivity contribution in [1.29, 1.82) is 0 Å². The summed E-state index contributed by atoms with van der Waals surface area (Å²) in [6.45, 7) is 4.91. The maximum Gasteiger partial charge on any atom is 0.201 e. The van der Waals surface area contributed by atoms with Gasteiger partial charge in [0.05, 0.1) is 0 Å². The van der Waals surface area contributed by atoms with Crippen molar-refractivity contribution >= 4 is 11.9 Å². The van der Waals surface area contributed by atoms with Crippen LogP contribution in [0.1, 0.15) is 13.3 Å². The number of guanidine groups is 1. The average Bonchev–Trinajstić information content (AvgIpc) is 2.96. The monoisotopic (exact) mass is 280 g/mol. The fraction of sp³-hybridized carbons (Fsp3) is 0.667. The summed E-state index contributed by atoms with van der Waals surface area (Å²) < 4.78 is 0. The highest BCUT2D eigenvalue weighted by Gasteiger charge is 2.26. The molecular formula is C12H24N8. The first-order chi connectivity index (χ1) is 9.72. The number of rotatable bonds is 6. The van der Waals surface area contributed by atoms with Gasteiger partial charge in [0.25, 0.3) is 0 Å². The molecule has 1 aliphatic rings. The summed E-state index contributed by atoms with van der Waals surface area (Å²) in [6, 6.07) is -0.113. The number of hydrogen-bond donors (Lipinski definition) is 5. The van der Waals surface area contributed by atoms with Crippen LogP contribution in [-0.4, -0.2) is 59.2 Å². The lowest BCUT2D eigenvalue weighted by Gasteiger charge is -2.37. The second-order valence-electron chi connectivity index (χ2n) is 4.85. The molecule has 0 amide bonds. The lowest BCUT2D eigenvalue weighted by Crippen LogP contribution is -2.59. The van der Waals surface area contributed by atoms with Crippen LogP contribution in [0.4, 0.5) is 5.95 Å². The number of nitrogens with one attached hydrogen (secondary N) is 3. The van der Waals surface area contributed by atoms with Gasteiger partial charge in [-0.25, -0.2) is 4.98 Å². The number of anilines is 1. The topological polar surface area (TPSA) is 120 Å². The van der Waals surface area contributed by atoms with Crippen LogP contribution in [0.5, 0.6) is 0 Å². The highest BCUT2D eigenvalue weighted by atomic mass is 15.4. The van der Waals surface area contributed by atoms with Crippen LogP contribution >= 0.6 is 0 Å². The molecule has 112 valence electrons. The molecule has 1 aromatic heterocycles. The second kappa shape index (κ2) is 7.11. The van der Waals surface area contributed by atoms with Crippen molar-refractivity contribution < 1.29 is 0 Å². The minimum atomic E-state index is -0.131. The standard InChI is InChI=1S/C12H24N8/c1-9(14)10(19-11-15-6-7-16-11)20(8-3-13)12-17-4-2-5-18-12/h6-7,9-10H,2-5,8,13-14H2,1H3,(H,17,18)(H2,15,16,19). The second-order valence-corrected chi connectivity index (χ2v) is 4.85. The number of nitrogens with two attached hydrogens (primary N) is 2. The van der Waals surface area contributed by atoms with Crippen LogP contribution in [0.25, 0.3) is 0 Å². The number of nitrogens with zero attached hydrogens (tertiary/aromatic N) is 3. The van der Waals surface area contributed by atoms with E-state index in [1.165, 1.54) is 0 Å². The minimum absolute atomic E-state index is 0.113. The maximum absolute atomic E-state index is 6.12. The van der Waals surface area contributed by atoms with Gasteiger partial charge in [-0.2, -0.15) is 0 Å². The highest BCUT2D eigenvalue weighted by molar-refractivity contribution is 5.81. The summed E-state index contributed by atoms with van der Waals surface area (Å²) in [5, 5.41) is 6.61. The van der Waals surface area contributed by atoms with Crippen molar-refractivity contribution in [1.82, 2.24) is 20.2 Å². The molecule has 0 aliphatic carbocycles. The summed E-state index contributed by atoms with van der Waals surface area (Å²) in [5.74, 6) is 1.54. The van der Waals surface area contributed by atoms with Gasteiger partial charge < -0.3 is 32.0 Å². The van der Waals surface area contributed by atoms with E-state index in [4.69, 9.17) is 11.5 Å². The van der Waals surface area contributed by atoms with E-state index in [-0.39, 0.29) is 12.2 Å². The Hall–Kier alpha value is -1.80. The van der Waals surface area contributed by atoms with Gasteiger partial charge in [0.2, 0.25) is 5.95 Å². The summed E-state index contributed by atoms with van der Waals surface area (Å²) in [7, 11) is 0. The number of aliphatic imine (C=N–C) groups is 1. The van der Waals surface area contributed by atoms with E-state index >= 15 is 0 Å². The summed E-state index contributed by atoms with van der Waals surface area (Å²) >= 11 is 0. The molecule has 2 atom stereocenters. The molecule has 2 rings (SSSR count). The lowest BCUT2D eigenvalue weighted by atomic mass is 10.2. The SMILES string of the molecule is CC(N)C(Nc1ncc[nH]1)N(CCN)C1=NCCCN1. The molecule has 0 radical (unpaired) electrons.